The molecule has 7 heteroatoms. The number of ether oxygens (including phenoxy) is 1. The highest BCUT2D eigenvalue weighted by Gasteiger charge is 2.39. The van der Waals surface area contributed by atoms with E-state index < -0.39 is 16.8 Å². The Kier molecular flexibility index (Phi) is 5.36. The number of esters is 1. The van der Waals surface area contributed by atoms with Gasteiger partial charge in [-0.05, 0) is 46.1 Å². The molecule has 1 atom stereocenters. The second-order valence-corrected chi connectivity index (χ2v) is 7.52. The van der Waals surface area contributed by atoms with Crippen LogP contribution in [0.25, 0.3) is 0 Å². The largest absolute Gasteiger partial charge is 0.460 e. The predicted molar refractivity (Wildman–Crippen MR) is 104 cm³/mol. The summed E-state index contributed by atoms with van der Waals surface area (Å²) in [6.07, 6.45) is 1.52. The topological polar surface area (TPSA) is 98.5 Å². The highest BCUT2D eigenvalue weighted by Crippen LogP contribution is 2.43. The molecule has 1 aromatic carbocycles. The number of hydrogen-bond donors (Lipinski definition) is 1. The van der Waals surface area contributed by atoms with Crippen molar-refractivity contribution in [3.8, 4) is 0 Å². The van der Waals surface area contributed by atoms with Crippen molar-refractivity contribution in [1.29, 1.82) is 0 Å². The van der Waals surface area contributed by atoms with Crippen molar-refractivity contribution < 1.29 is 19.2 Å². The lowest BCUT2D eigenvalue weighted by Crippen LogP contribution is -2.35. The van der Waals surface area contributed by atoms with Gasteiger partial charge < -0.3 is 10.1 Å². The van der Waals surface area contributed by atoms with Gasteiger partial charge in [0.05, 0.1) is 16.6 Å². The molecule has 0 amide bonds. The molecule has 1 aromatic rings. The number of nitro benzene ring substituents is 1. The summed E-state index contributed by atoms with van der Waals surface area (Å²) in [5.74, 6) is -1.22. The number of benzene rings is 1. The molecule has 1 unspecified atom stereocenters. The summed E-state index contributed by atoms with van der Waals surface area (Å²) in [5, 5.41) is 14.6. The molecule has 3 rings (SSSR count). The second-order valence-electron chi connectivity index (χ2n) is 7.52. The minimum atomic E-state index is -0.672. The molecular formula is C21H24N2O5. The normalized spacial score (nSPS) is 19.5. The molecule has 0 bridgehead atoms. The summed E-state index contributed by atoms with van der Waals surface area (Å²) < 4.78 is 5.42. The van der Waals surface area contributed by atoms with E-state index in [0.29, 0.717) is 40.8 Å². The molecular weight excluding hydrogens is 360 g/mol. The fourth-order valence-corrected chi connectivity index (χ4v) is 3.87. The van der Waals surface area contributed by atoms with Gasteiger partial charge in [-0.3, -0.25) is 14.9 Å². The number of dihydropyridines is 1. The first kappa shape index (κ1) is 19.8. The molecule has 148 valence electrons. The van der Waals surface area contributed by atoms with Gasteiger partial charge in [0, 0.05) is 40.9 Å². The highest BCUT2D eigenvalue weighted by molar-refractivity contribution is 6.03. The second kappa shape index (κ2) is 7.58. The number of carbonyl (C=O) groups excluding carboxylic acids is 2. The summed E-state index contributed by atoms with van der Waals surface area (Å²) in [7, 11) is 0. The Hall–Kier alpha value is -2.96. The van der Waals surface area contributed by atoms with Crippen LogP contribution in [0, 0.1) is 17.0 Å². The minimum absolute atomic E-state index is 0.0318. The average Bonchev–Trinajstić information content (AvgIpc) is 2.60. The molecule has 0 saturated heterocycles. The predicted octanol–water partition coefficient (Wildman–Crippen LogP) is 3.82. The molecule has 28 heavy (non-hydrogen) atoms. The van der Waals surface area contributed by atoms with Gasteiger partial charge in [-0.1, -0.05) is 12.1 Å². The molecule has 0 saturated carbocycles. The first-order valence-corrected chi connectivity index (χ1v) is 9.40. The summed E-state index contributed by atoms with van der Waals surface area (Å²) in [6, 6.07) is 4.87. The Morgan fingerprint density at radius 2 is 2.00 bits per heavy atom. The van der Waals surface area contributed by atoms with Crippen molar-refractivity contribution in [2.45, 2.75) is 59.0 Å². The van der Waals surface area contributed by atoms with Crippen molar-refractivity contribution in [2.75, 3.05) is 0 Å². The van der Waals surface area contributed by atoms with Gasteiger partial charge in [0.15, 0.2) is 5.78 Å². The summed E-state index contributed by atoms with van der Waals surface area (Å²) >= 11 is 0. The Morgan fingerprint density at radius 3 is 2.64 bits per heavy atom. The minimum Gasteiger partial charge on any atom is -0.460 e. The number of rotatable bonds is 4. The Labute approximate surface area is 163 Å². The third-order valence-electron chi connectivity index (χ3n) is 5.10. The molecule has 2 aliphatic rings. The third kappa shape index (κ3) is 3.56. The van der Waals surface area contributed by atoms with Gasteiger partial charge in [-0.15, -0.1) is 0 Å². The van der Waals surface area contributed by atoms with Crippen LogP contribution in [0.4, 0.5) is 5.69 Å². The molecule has 1 heterocycles. The quantitative estimate of drug-likeness (QED) is 0.481. The molecule has 1 N–H and O–H groups in total. The van der Waals surface area contributed by atoms with Gasteiger partial charge in [0.1, 0.15) is 0 Å². The zero-order valence-corrected chi connectivity index (χ0v) is 16.5. The van der Waals surface area contributed by atoms with Crippen LogP contribution < -0.4 is 5.32 Å². The summed E-state index contributed by atoms with van der Waals surface area (Å²) in [6.45, 7) is 6.95. The van der Waals surface area contributed by atoms with E-state index in [2.05, 4.69) is 5.32 Å². The van der Waals surface area contributed by atoms with Crippen LogP contribution >= 0.6 is 0 Å². The number of nitro groups is 1. The Bertz CT molecular complexity index is 927. The van der Waals surface area contributed by atoms with E-state index in [1.807, 2.05) is 0 Å². The smallest absolute Gasteiger partial charge is 0.337 e. The fourth-order valence-electron chi connectivity index (χ4n) is 3.87. The lowest BCUT2D eigenvalue weighted by atomic mass is 9.75. The number of carbonyl (C=O) groups is 2. The van der Waals surface area contributed by atoms with E-state index in [1.54, 1.807) is 39.8 Å². The van der Waals surface area contributed by atoms with Gasteiger partial charge in [0.25, 0.3) is 5.69 Å². The van der Waals surface area contributed by atoms with Crippen LogP contribution in [0.2, 0.25) is 0 Å². The molecule has 1 aliphatic heterocycles. The number of ketones is 1. The van der Waals surface area contributed by atoms with Gasteiger partial charge >= 0.3 is 5.97 Å². The van der Waals surface area contributed by atoms with E-state index >= 15 is 0 Å². The number of nitrogens with one attached hydrogen (secondary N) is 1. The van der Waals surface area contributed by atoms with Crippen LogP contribution in [0.3, 0.4) is 0 Å². The number of hydrogen-bond acceptors (Lipinski definition) is 6. The fraction of sp³-hybridized carbons (Fsp3) is 0.429. The Balaban J connectivity index is 2.20. The summed E-state index contributed by atoms with van der Waals surface area (Å²) in [5.41, 5.74) is 3.31. The molecule has 0 spiro atoms. The number of allylic oxidation sites excluding steroid dienone is 3. The van der Waals surface area contributed by atoms with E-state index in [1.165, 1.54) is 6.07 Å². The van der Waals surface area contributed by atoms with Crippen molar-refractivity contribution in [2.24, 2.45) is 0 Å². The maximum atomic E-state index is 12.9. The van der Waals surface area contributed by atoms with E-state index in [4.69, 9.17) is 4.74 Å². The van der Waals surface area contributed by atoms with E-state index in [9.17, 15) is 19.7 Å². The standard InChI is InChI=1S/C21H24N2O5/c1-11(2)28-21(25)18-13(4)22-15-6-5-7-17(24)20(15)19(18)14-9-8-12(3)16(10-14)23(26)27/h8-11,19,22H,5-7H2,1-4H3. The molecule has 7 nitrogen and oxygen atoms in total. The SMILES string of the molecule is CC1=C(C(=O)OC(C)C)C(c2ccc(C)c([N+](=O)[O-])c2)C2=C(CCCC2=O)N1. The van der Waals surface area contributed by atoms with Crippen LogP contribution in [0.5, 0.6) is 0 Å². The number of aryl methyl sites for hydroxylation is 1. The lowest BCUT2D eigenvalue weighted by Gasteiger charge is -2.34. The highest BCUT2D eigenvalue weighted by atomic mass is 16.6. The maximum absolute atomic E-state index is 12.9. The van der Waals surface area contributed by atoms with E-state index in [0.717, 1.165) is 12.1 Å². The maximum Gasteiger partial charge on any atom is 0.337 e. The monoisotopic (exact) mass is 384 g/mol. The molecule has 0 aromatic heterocycles. The molecule has 0 fully saturated rings. The van der Waals surface area contributed by atoms with Crippen LogP contribution in [0.1, 0.15) is 57.1 Å². The van der Waals surface area contributed by atoms with Crippen molar-refractivity contribution in [1.82, 2.24) is 5.32 Å². The number of Topliss-reactive ketones (excluding diaryl/α,β-unsaturated/α-hetero) is 1. The van der Waals surface area contributed by atoms with Crippen LogP contribution in [0.15, 0.2) is 40.7 Å². The lowest BCUT2D eigenvalue weighted by molar-refractivity contribution is -0.385. The average molecular weight is 384 g/mol. The zero-order valence-electron chi connectivity index (χ0n) is 16.5. The van der Waals surface area contributed by atoms with Crippen molar-refractivity contribution >= 4 is 17.4 Å². The zero-order chi connectivity index (χ0) is 20.6. The van der Waals surface area contributed by atoms with E-state index in [-0.39, 0.29) is 17.6 Å². The molecule has 1 aliphatic carbocycles. The number of nitrogens with zero attached hydrogens (tertiary/aromatic N) is 1. The van der Waals surface area contributed by atoms with Crippen LogP contribution in [-0.2, 0) is 14.3 Å². The first-order valence-electron chi connectivity index (χ1n) is 9.40. The first-order chi connectivity index (χ1) is 13.2. The van der Waals surface area contributed by atoms with Crippen molar-refractivity contribution in [3.63, 3.8) is 0 Å². The molecule has 0 radical (unpaired) electrons. The van der Waals surface area contributed by atoms with Gasteiger partial charge in [0.2, 0.25) is 0 Å². The van der Waals surface area contributed by atoms with Crippen molar-refractivity contribution in [3.05, 3.63) is 62.0 Å². The van der Waals surface area contributed by atoms with Crippen LogP contribution in [-0.4, -0.2) is 22.8 Å². The van der Waals surface area contributed by atoms with Gasteiger partial charge in [-0.2, -0.15) is 0 Å². The summed E-state index contributed by atoms with van der Waals surface area (Å²) in [4.78, 5) is 36.7. The Morgan fingerprint density at radius 1 is 1.29 bits per heavy atom. The van der Waals surface area contributed by atoms with Gasteiger partial charge in [-0.25, -0.2) is 4.79 Å². The third-order valence-corrected chi connectivity index (χ3v) is 5.10.